The van der Waals surface area contributed by atoms with Gasteiger partial charge in [-0.05, 0) is 30.5 Å². The molecule has 9 heteroatoms. The van der Waals surface area contributed by atoms with E-state index in [2.05, 4.69) is 0 Å². The summed E-state index contributed by atoms with van der Waals surface area (Å²) in [4.78, 5) is 16.2. The molecular weight excluding hydrogens is 456 g/mol. The molecule has 2 aromatic rings. The molecule has 182 valence electrons. The topological polar surface area (TPSA) is 96.4 Å². The second kappa shape index (κ2) is 9.05. The number of nitrogens with zero attached hydrogens (tertiary/aromatic N) is 2. The minimum Gasteiger partial charge on any atom is -0.396 e. The van der Waals surface area contributed by atoms with Gasteiger partial charge < -0.3 is 19.5 Å². The zero-order valence-corrected chi connectivity index (χ0v) is 19.8. The zero-order valence-electron chi connectivity index (χ0n) is 19.0. The summed E-state index contributed by atoms with van der Waals surface area (Å²) in [5, 5.41) is 9.76. The van der Waals surface area contributed by atoms with Crippen molar-refractivity contribution in [1.29, 1.82) is 0 Å². The smallest absolute Gasteiger partial charge is 0.243 e. The van der Waals surface area contributed by atoms with Crippen LogP contribution in [0.4, 0.5) is 0 Å². The van der Waals surface area contributed by atoms with E-state index < -0.39 is 21.2 Å². The SMILES string of the molecule is O=C1N(Cc2ccccc2)[C@H](CCO)C[C@]12CN(S(=O)(=O)c1ccccc1)CCC21OCCO1. The molecule has 1 N–H and O–H groups in total. The van der Waals surface area contributed by atoms with Gasteiger partial charge in [0.05, 0.1) is 18.1 Å². The number of benzene rings is 2. The van der Waals surface area contributed by atoms with Crippen LogP contribution in [0.5, 0.6) is 0 Å². The predicted octanol–water partition coefficient (Wildman–Crippen LogP) is 1.99. The van der Waals surface area contributed by atoms with Crippen molar-refractivity contribution in [2.75, 3.05) is 32.9 Å². The third-order valence-corrected chi connectivity index (χ3v) is 9.21. The van der Waals surface area contributed by atoms with E-state index in [1.807, 2.05) is 30.3 Å². The van der Waals surface area contributed by atoms with E-state index in [1.54, 1.807) is 35.2 Å². The van der Waals surface area contributed by atoms with Crippen LogP contribution in [0.1, 0.15) is 24.8 Å². The van der Waals surface area contributed by atoms with Gasteiger partial charge in [0.15, 0.2) is 5.79 Å². The van der Waals surface area contributed by atoms with Gasteiger partial charge in [0.25, 0.3) is 0 Å². The van der Waals surface area contributed by atoms with Crippen LogP contribution in [-0.4, -0.2) is 73.4 Å². The molecule has 2 aromatic carbocycles. The summed E-state index contributed by atoms with van der Waals surface area (Å²) in [6, 6.07) is 17.7. The summed E-state index contributed by atoms with van der Waals surface area (Å²) in [6.45, 7) is 1.23. The van der Waals surface area contributed by atoms with E-state index in [4.69, 9.17) is 9.47 Å². The maximum atomic E-state index is 14.2. The molecular formula is C25H30N2O6S. The number of aliphatic hydroxyl groups is 1. The minimum absolute atomic E-state index is 0.0176. The Bertz CT molecular complexity index is 1120. The van der Waals surface area contributed by atoms with Gasteiger partial charge >= 0.3 is 0 Å². The van der Waals surface area contributed by atoms with Crippen LogP contribution in [0.15, 0.2) is 65.6 Å². The zero-order chi connectivity index (χ0) is 23.8. The summed E-state index contributed by atoms with van der Waals surface area (Å²) in [6.07, 6.45) is 1.04. The fraction of sp³-hybridized carbons (Fsp3) is 0.480. The predicted molar refractivity (Wildman–Crippen MR) is 124 cm³/mol. The Morgan fingerprint density at radius 2 is 1.65 bits per heavy atom. The minimum atomic E-state index is -3.80. The number of carbonyl (C=O) groups excluding carboxylic acids is 1. The quantitative estimate of drug-likeness (QED) is 0.671. The number of rotatable bonds is 6. The van der Waals surface area contributed by atoms with Crippen LogP contribution in [0.2, 0.25) is 0 Å². The van der Waals surface area contributed by atoms with Crippen LogP contribution in [-0.2, 0) is 30.8 Å². The van der Waals surface area contributed by atoms with Crippen molar-refractivity contribution < 1.29 is 27.8 Å². The van der Waals surface area contributed by atoms with Gasteiger partial charge in [0.2, 0.25) is 15.9 Å². The van der Waals surface area contributed by atoms with Gasteiger partial charge in [-0.1, -0.05) is 48.5 Å². The molecule has 5 rings (SSSR count). The molecule has 3 fully saturated rings. The summed E-state index contributed by atoms with van der Waals surface area (Å²) >= 11 is 0. The highest BCUT2D eigenvalue weighted by atomic mass is 32.2. The molecule has 0 aromatic heterocycles. The highest BCUT2D eigenvalue weighted by Crippen LogP contribution is 2.54. The van der Waals surface area contributed by atoms with Gasteiger partial charge in [-0.25, -0.2) is 8.42 Å². The fourth-order valence-electron chi connectivity index (χ4n) is 5.71. The average Bonchev–Trinajstić information content (AvgIpc) is 3.43. The van der Waals surface area contributed by atoms with Crippen molar-refractivity contribution in [1.82, 2.24) is 9.21 Å². The van der Waals surface area contributed by atoms with Gasteiger partial charge in [-0.15, -0.1) is 0 Å². The van der Waals surface area contributed by atoms with Crippen LogP contribution >= 0.6 is 0 Å². The first-order valence-electron chi connectivity index (χ1n) is 11.7. The lowest BCUT2D eigenvalue weighted by molar-refractivity contribution is -0.250. The summed E-state index contributed by atoms with van der Waals surface area (Å²) < 4.78 is 40.6. The molecule has 1 amide bonds. The summed E-state index contributed by atoms with van der Waals surface area (Å²) in [5.74, 6) is -1.34. The Labute approximate surface area is 200 Å². The molecule has 3 aliphatic rings. The summed E-state index contributed by atoms with van der Waals surface area (Å²) in [7, 11) is -3.80. The van der Waals surface area contributed by atoms with Crippen LogP contribution in [0.3, 0.4) is 0 Å². The van der Waals surface area contributed by atoms with Crippen molar-refractivity contribution >= 4 is 15.9 Å². The number of amides is 1. The highest BCUT2D eigenvalue weighted by Gasteiger charge is 2.68. The van der Waals surface area contributed by atoms with Gasteiger partial charge in [-0.2, -0.15) is 4.31 Å². The number of fused-ring (bicyclic) bond motifs is 1. The van der Waals surface area contributed by atoms with Crippen molar-refractivity contribution in [3.63, 3.8) is 0 Å². The molecule has 3 aliphatic heterocycles. The molecule has 0 aliphatic carbocycles. The Morgan fingerprint density at radius 3 is 2.29 bits per heavy atom. The van der Waals surface area contributed by atoms with Crippen LogP contribution < -0.4 is 0 Å². The fourth-order valence-corrected chi connectivity index (χ4v) is 7.23. The van der Waals surface area contributed by atoms with Gasteiger partial charge in [0.1, 0.15) is 5.41 Å². The number of likely N-dealkylation sites (tertiary alicyclic amines) is 1. The van der Waals surface area contributed by atoms with E-state index in [1.165, 1.54) is 4.31 Å². The lowest BCUT2D eigenvalue weighted by Gasteiger charge is -2.49. The largest absolute Gasteiger partial charge is 0.396 e. The number of hydrogen-bond acceptors (Lipinski definition) is 6. The average molecular weight is 487 g/mol. The Kier molecular flexibility index (Phi) is 6.24. The standard InChI is InChI=1S/C25H30N2O6S/c28-14-11-21-17-24(23(29)27(21)18-20-7-3-1-4-8-20)19-26(13-12-25(24)32-15-16-33-25)34(30,31)22-9-5-2-6-10-22/h1-10,21,28H,11-19H2/t21-,24+/m1/s1. The monoisotopic (exact) mass is 486 g/mol. The molecule has 3 heterocycles. The third-order valence-electron chi connectivity index (χ3n) is 7.35. The second-order valence-electron chi connectivity index (χ2n) is 9.22. The number of piperidine rings is 1. The first-order chi connectivity index (χ1) is 16.4. The number of sulfonamides is 1. The van der Waals surface area contributed by atoms with Gasteiger partial charge in [-0.3, -0.25) is 4.79 Å². The van der Waals surface area contributed by atoms with E-state index in [9.17, 15) is 18.3 Å². The lowest BCUT2D eigenvalue weighted by atomic mass is 9.72. The Morgan fingerprint density at radius 1 is 1.00 bits per heavy atom. The van der Waals surface area contributed by atoms with Crippen molar-refractivity contribution in [2.45, 2.75) is 42.5 Å². The summed E-state index contributed by atoms with van der Waals surface area (Å²) in [5.41, 5.74) is -0.208. The van der Waals surface area contributed by atoms with E-state index in [0.717, 1.165) is 5.56 Å². The molecule has 3 saturated heterocycles. The van der Waals surface area contributed by atoms with Crippen LogP contribution in [0.25, 0.3) is 0 Å². The van der Waals surface area contributed by atoms with Crippen LogP contribution in [0, 0.1) is 5.41 Å². The first-order valence-corrected chi connectivity index (χ1v) is 13.1. The molecule has 0 bridgehead atoms. The van der Waals surface area contributed by atoms with Gasteiger partial charge in [0, 0.05) is 38.7 Å². The normalized spacial score (nSPS) is 27.1. The number of ether oxygens (including phenoxy) is 2. The molecule has 34 heavy (non-hydrogen) atoms. The Balaban J connectivity index is 1.53. The van der Waals surface area contributed by atoms with E-state index in [-0.39, 0.29) is 43.0 Å². The first kappa shape index (κ1) is 23.4. The molecule has 8 nitrogen and oxygen atoms in total. The molecule has 2 spiro atoms. The van der Waals surface area contributed by atoms with Crippen molar-refractivity contribution in [3.05, 3.63) is 66.2 Å². The Hall–Kier alpha value is -2.30. The number of hydrogen-bond donors (Lipinski definition) is 1. The third kappa shape index (κ3) is 3.76. The highest BCUT2D eigenvalue weighted by molar-refractivity contribution is 7.89. The van der Waals surface area contributed by atoms with E-state index >= 15 is 0 Å². The molecule has 0 unspecified atom stereocenters. The van der Waals surface area contributed by atoms with Crippen molar-refractivity contribution in [2.24, 2.45) is 5.41 Å². The lowest BCUT2D eigenvalue weighted by Crippen LogP contribution is -2.64. The van der Waals surface area contributed by atoms with Crippen molar-refractivity contribution in [3.8, 4) is 0 Å². The maximum absolute atomic E-state index is 14.2. The maximum Gasteiger partial charge on any atom is 0.243 e. The molecule has 0 radical (unpaired) electrons. The second-order valence-corrected chi connectivity index (χ2v) is 11.2. The number of aliphatic hydroxyl groups excluding tert-OH is 1. The molecule has 0 saturated carbocycles. The van der Waals surface area contributed by atoms with E-state index in [0.29, 0.717) is 32.6 Å². The number of carbonyl (C=O) groups is 1. The molecule has 2 atom stereocenters.